The first kappa shape index (κ1) is 20.9. The molecule has 2 aliphatic rings. The zero-order valence-electron chi connectivity index (χ0n) is 16.1. The maximum absolute atomic E-state index is 13.3. The van der Waals surface area contributed by atoms with Crippen LogP contribution in [0.15, 0.2) is 53.9 Å². The second kappa shape index (κ2) is 10.1. The van der Waals surface area contributed by atoms with Gasteiger partial charge in [-0.1, -0.05) is 24.3 Å². The van der Waals surface area contributed by atoms with E-state index in [4.69, 9.17) is 22.1 Å². The van der Waals surface area contributed by atoms with E-state index in [1.54, 1.807) is 6.07 Å². The standard InChI is InChI=1S/C22H29ClFN3O/c1-2-16(14-26-13-15-7-9-28-10-8-15)19(17-3-4-17)12-22(25)27-18-5-6-21(24)20(23)11-18/h2,5-6,11-12,15,17,26-27H,1,3-4,7-10,13-14,25H2/b19-16-,22-12+. The fourth-order valence-electron chi connectivity index (χ4n) is 3.46. The number of allylic oxidation sites excluding steroid dienone is 2. The van der Waals surface area contributed by atoms with Crippen molar-refractivity contribution < 1.29 is 9.13 Å². The van der Waals surface area contributed by atoms with E-state index in [2.05, 4.69) is 17.2 Å². The molecular weight excluding hydrogens is 377 g/mol. The maximum atomic E-state index is 13.3. The van der Waals surface area contributed by atoms with Gasteiger partial charge in [0.05, 0.1) is 5.02 Å². The molecule has 1 saturated carbocycles. The van der Waals surface area contributed by atoms with E-state index in [1.165, 1.54) is 36.1 Å². The average Bonchev–Trinajstić information content (AvgIpc) is 3.53. The molecule has 4 N–H and O–H groups in total. The van der Waals surface area contributed by atoms with Gasteiger partial charge in [0.25, 0.3) is 0 Å². The summed E-state index contributed by atoms with van der Waals surface area (Å²) in [4.78, 5) is 0. The molecule has 3 rings (SSSR count). The Morgan fingerprint density at radius 1 is 1.29 bits per heavy atom. The minimum absolute atomic E-state index is 0.0693. The molecule has 0 spiro atoms. The smallest absolute Gasteiger partial charge is 0.141 e. The Morgan fingerprint density at radius 2 is 2.04 bits per heavy atom. The zero-order chi connectivity index (χ0) is 19.9. The molecule has 28 heavy (non-hydrogen) atoms. The summed E-state index contributed by atoms with van der Waals surface area (Å²) in [7, 11) is 0. The van der Waals surface area contributed by atoms with Crippen LogP contribution in [0.2, 0.25) is 5.02 Å². The van der Waals surface area contributed by atoms with Crippen LogP contribution in [0.4, 0.5) is 10.1 Å². The van der Waals surface area contributed by atoms with Crippen LogP contribution >= 0.6 is 11.6 Å². The van der Waals surface area contributed by atoms with Gasteiger partial charge >= 0.3 is 0 Å². The van der Waals surface area contributed by atoms with E-state index in [1.807, 2.05) is 12.2 Å². The number of nitrogens with one attached hydrogen (secondary N) is 2. The van der Waals surface area contributed by atoms with Crippen molar-refractivity contribution in [1.29, 1.82) is 0 Å². The Hall–Kier alpha value is -1.82. The predicted molar refractivity (Wildman–Crippen MR) is 114 cm³/mol. The molecule has 1 aromatic carbocycles. The van der Waals surface area contributed by atoms with Crippen LogP contribution in [0.5, 0.6) is 0 Å². The van der Waals surface area contributed by atoms with Crippen LogP contribution in [-0.4, -0.2) is 26.3 Å². The van der Waals surface area contributed by atoms with Crippen molar-refractivity contribution in [2.75, 3.05) is 31.6 Å². The summed E-state index contributed by atoms with van der Waals surface area (Å²) < 4.78 is 18.7. The van der Waals surface area contributed by atoms with Crippen LogP contribution in [0.1, 0.15) is 25.7 Å². The molecule has 0 bridgehead atoms. The minimum Gasteiger partial charge on any atom is -0.385 e. The fraction of sp³-hybridized carbons (Fsp3) is 0.455. The highest BCUT2D eigenvalue weighted by molar-refractivity contribution is 6.31. The highest BCUT2D eigenvalue weighted by Crippen LogP contribution is 2.39. The highest BCUT2D eigenvalue weighted by Gasteiger charge is 2.27. The van der Waals surface area contributed by atoms with Gasteiger partial charge in [-0.25, -0.2) is 4.39 Å². The minimum atomic E-state index is -0.446. The fourth-order valence-corrected chi connectivity index (χ4v) is 3.65. The second-order valence-electron chi connectivity index (χ2n) is 7.50. The molecule has 0 aromatic heterocycles. The molecule has 0 radical (unpaired) electrons. The lowest BCUT2D eigenvalue weighted by atomic mass is 9.99. The van der Waals surface area contributed by atoms with E-state index in [9.17, 15) is 4.39 Å². The number of hydrogen-bond donors (Lipinski definition) is 3. The SMILES string of the molecule is C=C/C(CNCC1CCOCC1)=C(\C=C(/N)Nc1ccc(F)c(Cl)c1)C1CC1. The molecule has 1 heterocycles. The second-order valence-corrected chi connectivity index (χ2v) is 7.91. The number of anilines is 1. The molecule has 0 atom stereocenters. The lowest BCUT2D eigenvalue weighted by molar-refractivity contribution is 0.0666. The molecule has 1 aliphatic heterocycles. The summed E-state index contributed by atoms with van der Waals surface area (Å²) in [6.07, 6.45) is 8.46. The summed E-state index contributed by atoms with van der Waals surface area (Å²) in [5.41, 5.74) is 9.26. The van der Waals surface area contributed by atoms with Crippen molar-refractivity contribution in [3.63, 3.8) is 0 Å². The number of rotatable bonds is 9. The molecule has 4 nitrogen and oxygen atoms in total. The van der Waals surface area contributed by atoms with E-state index in [0.717, 1.165) is 39.1 Å². The van der Waals surface area contributed by atoms with Crippen molar-refractivity contribution in [2.45, 2.75) is 25.7 Å². The Labute approximate surface area is 171 Å². The molecule has 1 aromatic rings. The van der Waals surface area contributed by atoms with Gasteiger partial charge < -0.3 is 21.1 Å². The van der Waals surface area contributed by atoms with E-state index in [-0.39, 0.29) is 5.02 Å². The zero-order valence-corrected chi connectivity index (χ0v) is 16.9. The van der Waals surface area contributed by atoms with Crippen LogP contribution in [0.25, 0.3) is 0 Å². The van der Waals surface area contributed by atoms with Crippen molar-refractivity contribution in [1.82, 2.24) is 5.32 Å². The lowest BCUT2D eigenvalue weighted by Crippen LogP contribution is -2.29. The lowest BCUT2D eigenvalue weighted by Gasteiger charge is -2.22. The summed E-state index contributed by atoms with van der Waals surface area (Å²) in [5, 5.41) is 6.74. The topological polar surface area (TPSA) is 59.3 Å². The number of benzene rings is 1. The number of hydrogen-bond acceptors (Lipinski definition) is 4. The molecule has 0 amide bonds. The predicted octanol–water partition coefficient (Wildman–Crippen LogP) is 4.60. The Morgan fingerprint density at radius 3 is 2.68 bits per heavy atom. The van der Waals surface area contributed by atoms with Gasteiger partial charge in [-0.05, 0) is 79.5 Å². The average molecular weight is 406 g/mol. The van der Waals surface area contributed by atoms with E-state index in [0.29, 0.717) is 23.3 Å². The first-order valence-electron chi connectivity index (χ1n) is 9.90. The van der Waals surface area contributed by atoms with E-state index >= 15 is 0 Å². The molecule has 1 aliphatic carbocycles. The third-order valence-corrected chi connectivity index (χ3v) is 5.53. The summed E-state index contributed by atoms with van der Waals surface area (Å²) in [5.74, 6) is 1.26. The third kappa shape index (κ3) is 6.09. The maximum Gasteiger partial charge on any atom is 0.141 e. The first-order valence-corrected chi connectivity index (χ1v) is 10.3. The van der Waals surface area contributed by atoms with Gasteiger partial charge in [0.1, 0.15) is 11.6 Å². The van der Waals surface area contributed by atoms with Crippen molar-refractivity contribution in [3.05, 3.63) is 64.7 Å². The van der Waals surface area contributed by atoms with Crippen LogP contribution in [-0.2, 0) is 4.74 Å². The monoisotopic (exact) mass is 405 g/mol. The normalized spacial score (nSPS) is 19.3. The Balaban J connectivity index is 1.65. The number of nitrogens with two attached hydrogens (primary N) is 1. The molecular formula is C22H29ClFN3O. The van der Waals surface area contributed by atoms with Crippen molar-refractivity contribution in [2.24, 2.45) is 17.6 Å². The van der Waals surface area contributed by atoms with Crippen LogP contribution in [0.3, 0.4) is 0 Å². The summed E-state index contributed by atoms with van der Waals surface area (Å²) in [6.45, 7) is 7.50. The third-order valence-electron chi connectivity index (χ3n) is 5.24. The largest absolute Gasteiger partial charge is 0.385 e. The van der Waals surface area contributed by atoms with Crippen LogP contribution < -0.4 is 16.4 Å². The Kier molecular flexibility index (Phi) is 7.54. The molecule has 6 heteroatoms. The number of ether oxygens (including phenoxy) is 1. The van der Waals surface area contributed by atoms with Gasteiger partial charge in [0, 0.05) is 25.4 Å². The quantitative estimate of drug-likeness (QED) is 0.525. The van der Waals surface area contributed by atoms with Crippen LogP contribution in [0, 0.1) is 17.7 Å². The van der Waals surface area contributed by atoms with Gasteiger partial charge in [0.2, 0.25) is 0 Å². The highest BCUT2D eigenvalue weighted by atomic mass is 35.5. The van der Waals surface area contributed by atoms with Crippen molar-refractivity contribution >= 4 is 17.3 Å². The molecule has 1 saturated heterocycles. The molecule has 152 valence electrons. The summed E-state index contributed by atoms with van der Waals surface area (Å²) in [6, 6.07) is 4.47. The molecule has 0 unspecified atom stereocenters. The van der Waals surface area contributed by atoms with Gasteiger partial charge in [-0.2, -0.15) is 0 Å². The molecule has 2 fully saturated rings. The van der Waals surface area contributed by atoms with Crippen molar-refractivity contribution in [3.8, 4) is 0 Å². The number of halogens is 2. The van der Waals surface area contributed by atoms with Gasteiger partial charge in [-0.3, -0.25) is 0 Å². The van der Waals surface area contributed by atoms with E-state index < -0.39 is 5.82 Å². The van der Waals surface area contributed by atoms with Gasteiger partial charge in [0.15, 0.2) is 0 Å². The van der Waals surface area contributed by atoms with Gasteiger partial charge in [-0.15, -0.1) is 0 Å². The summed E-state index contributed by atoms with van der Waals surface area (Å²) >= 11 is 5.84. The first-order chi connectivity index (χ1) is 13.6. The Bertz CT molecular complexity index is 752.